The lowest BCUT2D eigenvalue weighted by atomic mass is 10.6. The smallest absolute Gasteiger partial charge is 0.329 e. The molecule has 0 saturated heterocycles. The SMILES string of the molecule is O=C(O)CO.OCCOCCOCCOCCOCCOCCOCCOCCOCCOCCOCCOCCO. The van der Waals surface area contributed by atoms with Crippen molar-refractivity contribution in [2.75, 3.05) is 165 Å². The second-order valence-electron chi connectivity index (χ2n) is 7.74. The van der Waals surface area contributed by atoms with E-state index >= 15 is 0 Å². The van der Waals surface area contributed by atoms with Crippen molar-refractivity contribution in [2.24, 2.45) is 0 Å². The van der Waals surface area contributed by atoms with E-state index in [9.17, 15) is 0 Å². The van der Waals surface area contributed by atoms with Gasteiger partial charge in [0.05, 0.1) is 159 Å². The minimum atomic E-state index is -1.19. The predicted molar refractivity (Wildman–Crippen MR) is 148 cm³/mol. The largest absolute Gasteiger partial charge is 0.480 e. The third-order valence-corrected chi connectivity index (χ3v) is 4.33. The summed E-state index contributed by atoms with van der Waals surface area (Å²) in [6.45, 7) is 9.94. The summed E-state index contributed by atoms with van der Waals surface area (Å²) in [4.78, 5) is 9.12. The van der Waals surface area contributed by atoms with E-state index in [0.717, 1.165) is 0 Å². The van der Waals surface area contributed by atoms with Crippen molar-refractivity contribution in [1.82, 2.24) is 0 Å². The Bertz CT molecular complexity index is 455. The molecule has 0 bridgehead atoms. The van der Waals surface area contributed by atoms with Crippen LogP contribution in [-0.4, -0.2) is 192 Å². The lowest BCUT2D eigenvalue weighted by molar-refractivity contribution is -0.140. The molecular weight excluding hydrogens is 568 g/mol. The maximum Gasteiger partial charge on any atom is 0.329 e. The molecule has 0 atom stereocenters. The van der Waals surface area contributed by atoms with Crippen LogP contribution in [0.4, 0.5) is 0 Å². The maximum atomic E-state index is 9.12. The van der Waals surface area contributed by atoms with Crippen LogP contribution in [-0.2, 0) is 56.9 Å². The Kier molecular flexibility index (Phi) is 43.1. The fourth-order valence-corrected chi connectivity index (χ4v) is 2.43. The molecule has 0 spiro atoms. The van der Waals surface area contributed by atoms with Gasteiger partial charge in [0, 0.05) is 0 Å². The zero-order valence-electron chi connectivity index (χ0n) is 24.9. The summed E-state index contributed by atoms with van der Waals surface area (Å²) in [6.07, 6.45) is 0. The normalized spacial score (nSPS) is 11.0. The number of aliphatic hydroxyl groups excluding tert-OH is 3. The maximum absolute atomic E-state index is 9.12. The minimum absolute atomic E-state index is 0.0253. The van der Waals surface area contributed by atoms with E-state index < -0.39 is 12.6 Å². The van der Waals surface area contributed by atoms with Gasteiger partial charge in [-0.15, -0.1) is 0 Å². The van der Waals surface area contributed by atoms with E-state index in [4.69, 9.17) is 77.3 Å². The first-order valence-corrected chi connectivity index (χ1v) is 14.1. The highest BCUT2D eigenvalue weighted by molar-refractivity contribution is 5.67. The van der Waals surface area contributed by atoms with E-state index in [1.165, 1.54) is 0 Å². The van der Waals surface area contributed by atoms with Gasteiger partial charge in [0.2, 0.25) is 0 Å². The third kappa shape index (κ3) is 45.9. The number of hydrogen-bond acceptors (Lipinski definition) is 15. The highest BCUT2D eigenvalue weighted by atomic mass is 16.6. The second kappa shape index (κ2) is 42.0. The first kappa shape index (κ1) is 43.0. The monoisotopic (exact) mass is 622 g/mol. The van der Waals surface area contributed by atoms with Crippen LogP contribution in [0, 0.1) is 0 Å². The van der Waals surface area contributed by atoms with E-state index in [1.807, 2.05) is 0 Å². The number of hydrogen-bond donors (Lipinski definition) is 4. The molecule has 0 aromatic rings. The van der Waals surface area contributed by atoms with Gasteiger partial charge >= 0.3 is 5.97 Å². The van der Waals surface area contributed by atoms with E-state index in [-0.39, 0.29) is 13.2 Å². The number of rotatable bonds is 35. The zero-order valence-corrected chi connectivity index (χ0v) is 24.9. The van der Waals surface area contributed by atoms with Crippen LogP contribution in [0.25, 0.3) is 0 Å². The van der Waals surface area contributed by atoms with Crippen molar-refractivity contribution in [1.29, 1.82) is 0 Å². The van der Waals surface area contributed by atoms with Crippen molar-refractivity contribution >= 4 is 5.97 Å². The van der Waals surface area contributed by atoms with Gasteiger partial charge < -0.3 is 72.5 Å². The number of carbonyl (C=O) groups is 1. The first-order valence-electron chi connectivity index (χ1n) is 14.1. The second-order valence-corrected chi connectivity index (χ2v) is 7.74. The van der Waals surface area contributed by atoms with Crippen LogP contribution in [0.15, 0.2) is 0 Å². The minimum Gasteiger partial charge on any atom is -0.480 e. The van der Waals surface area contributed by atoms with Crippen molar-refractivity contribution in [3.63, 3.8) is 0 Å². The molecule has 0 aliphatic heterocycles. The topological polar surface area (TPSA) is 200 Å². The van der Waals surface area contributed by atoms with Crippen LogP contribution in [0.1, 0.15) is 0 Å². The summed E-state index contributed by atoms with van der Waals surface area (Å²) < 4.78 is 58.7. The van der Waals surface area contributed by atoms with Gasteiger partial charge in [0.25, 0.3) is 0 Å². The lowest BCUT2D eigenvalue weighted by Gasteiger charge is -2.09. The van der Waals surface area contributed by atoms with Crippen LogP contribution >= 0.6 is 0 Å². The molecule has 0 aromatic heterocycles. The van der Waals surface area contributed by atoms with Gasteiger partial charge in [0.1, 0.15) is 6.61 Å². The first-order chi connectivity index (χ1) is 20.7. The molecule has 0 saturated carbocycles. The van der Waals surface area contributed by atoms with Crippen molar-refractivity contribution in [2.45, 2.75) is 0 Å². The molecule has 0 heterocycles. The van der Waals surface area contributed by atoms with Gasteiger partial charge in [0.15, 0.2) is 0 Å². The molecular formula is C26H54O16. The van der Waals surface area contributed by atoms with Gasteiger partial charge in [-0.25, -0.2) is 4.79 Å². The number of aliphatic hydroxyl groups is 3. The Morgan fingerprint density at radius 2 is 0.429 bits per heavy atom. The molecule has 0 aliphatic carbocycles. The van der Waals surface area contributed by atoms with Crippen LogP contribution < -0.4 is 0 Å². The average Bonchev–Trinajstić information content (AvgIpc) is 2.99. The molecule has 0 unspecified atom stereocenters. The van der Waals surface area contributed by atoms with E-state index in [0.29, 0.717) is 145 Å². The number of aliphatic carboxylic acids is 1. The summed E-state index contributed by atoms with van der Waals surface area (Å²) in [5.41, 5.74) is 0. The van der Waals surface area contributed by atoms with Crippen LogP contribution in [0.3, 0.4) is 0 Å². The Balaban J connectivity index is 0. The molecule has 0 aromatic carbocycles. The molecule has 42 heavy (non-hydrogen) atoms. The Hall–Kier alpha value is -1.09. The summed E-state index contributed by atoms with van der Waals surface area (Å²) in [5, 5.41) is 32.1. The number of carboxylic acid groups (broad SMARTS) is 1. The van der Waals surface area contributed by atoms with Gasteiger partial charge in [-0.1, -0.05) is 0 Å². The van der Waals surface area contributed by atoms with Gasteiger partial charge in [-0.2, -0.15) is 0 Å². The average molecular weight is 623 g/mol. The van der Waals surface area contributed by atoms with E-state index in [1.54, 1.807) is 0 Å². The van der Waals surface area contributed by atoms with E-state index in [2.05, 4.69) is 0 Å². The number of ether oxygens (including phenoxy) is 11. The standard InChI is InChI=1S/C24H50O13.C2H4O3/c25-1-3-27-5-7-29-9-11-31-13-15-33-17-19-35-21-23-37-24-22-36-20-18-34-16-14-32-12-10-30-8-6-28-4-2-26;3-1-2(4)5/h25-26H,1-24H2;3H,1H2,(H,4,5). The Morgan fingerprint density at radius 1 is 0.310 bits per heavy atom. The van der Waals surface area contributed by atoms with Crippen LogP contribution in [0.5, 0.6) is 0 Å². The van der Waals surface area contributed by atoms with Crippen molar-refractivity contribution < 1.29 is 77.3 Å². The molecule has 4 N–H and O–H groups in total. The Labute approximate surface area is 248 Å². The molecule has 0 amide bonds. The summed E-state index contributed by atoms with van der Waals surface area (Å²) in [5.74, 6) is -1.19. The molecule has 0 aliphatic rings. The third-order valence-electron chi connectivity index (χ3n) is 4.33. The zero-order chi connectivity index (χ0) is 31.0. The van der Waals surface area contributed by atoms with Crippen molar-refractivity contribution in [3.8, 4) is 0 Å². The lowest BCUT2D eigenvalue weighted by Crippen LogP contribution is -2.15. The summed E-state index contributed by atoms with van der Waals surface area (Å²) >= 11 is 0. The summed E-state index contributed by atoms with van der Waals surface area (Å²) in [7, 11) is 0. The molecule has 0 fully saturated rings. The molecule has 254 valence electrons. The summed E-state index contributed by atoms with van der Waals surface area (Å²) in [6, 6.07) is 0. The molecule has 0 rings (SSSR count). The highest BCUT2D eigenvalue weighted by Crippen LogP contribution is 1.87. The molecule has 0 radical (unpaired) electrons. The molecule has 16 heteroatoms. The van der Waals surface area contributed by atoms with Crippen molar-refractivity contribution in [3.05, 3.63) is 0 Å². The molecule has 16 nitrogen and oxygen atoms in total. The fourth-order valence-electron chi connectivity index (χ4n) is 2.43. The Morgan fingerprint density at radius 3 is 0.524 bits per heavy atom. The van der Waals surface area contributed by atoms with Gasteiger partial charge in [-0.3, -0.25) is 0 Å². The predicted octanol–water partition coefficient (Wildman–Crippen LogP) is -1.78. The highest BCUT2D eigenvalue weighted by Gasteiger charge is 1.96. The van der Waals surface area contributed by atoms with Gasteiger partial charge in [-0.05, 0) is 0 Å². The quantitative estimate of drug-likeness (QED) is 0.0578. The fraction of sp³-hybridized carbons (Fsp3) is 0.962. The van der Waals surface area contributed by atoms with Crippen LogP contribution in [0.2, 0.25) is 0 Å². The number of carboxylic acids is 1.